The lowest BCUT2D eigenvalue weighted by Gasteiger charge is -2.16. The first kappa shape index (κ1) is 20.2. The Morgan fingerprint density at radius 3 is 2.70 bits per heavy atom. The number of nitrogens with one attached hydrogen (secondary N) is 1. The van der Waals surface area contributed by atoms with Crippen molar-refractivity contribution < 1.29 is 18.1 Å². The summed E-state index contributed by atoms with van der Waals surface area (Å²) in [6, 6.07) is 5.42. The van der Waals surface area contributed by atoms with Crippen molar-refractivity contribution in [1.29, 1.82) is 0 Å². The summed E-state index contributed by atoms with van der Waals surface area (Å²) in [6.45, 7) is 1.66. The SMILES string of the molecule is CN1CC[C@@H](Oc2cc(NS(=O)(=O)c3cc([N+](=O)[O-])c(Cl)s3)ccc2Cl)C1. The average Bonchev–Trinajstić information content (AvgIpc) is 3.16. The van der Waals surface area contributed by atoms with E-state index >= 15 is 0 Å². The van der Waals surface area contributed by atoms with E-state index in [1.807, 2.05) is 7.05 Å². The fourth-order valence-electron chi connectivity index (χ4n) is 2.63. The first-order valence-corrected chi connectivity index (χ1v) is 10.8. The normalized spacial score (nSPS) is 17.8. The van der Waals surface area contributed by atoms with Gasteiger partial charge in [-0.25, -0.2) is 8.42 Å². The molecule has 2 aromatic rings. The first-order valence-electron chi connectivity index (χ1n) is 7.77. The maximum Gasteiger partial charge on any atom is 0.300 e. The van der Waals surface area contributed by atoms with Crippen molar-refractivity contribution in [2.45, 2.75) is 16.7 Å². The highest BCUT2D eigenvalue weighted by molar-refractivity contribution is 7.94. The highest BCUT2D eigenvalue weighted by Gasteiger charge is 2.26. The number of anilines is 1. The summed E-state index contributed by atoms with van der Waals surface area (Å²) in [5, 5.41) is 11.2. The predicted octanol–water partition coefficient (Wildman–Crippen LogP) is 3.85. The Morgan fingerprint density at radius 1 is 1.37 bits per heavy atom. The number of nitrogens with zero attached hydrogens (tertiary/aromatic N) is 2. The number of rotatable bonds is 6. The van der Waals surface area contributed by atoms with Crippen LogP contribution in [0.25, 0.3) is 0 Å². The second-order valence-electron chi connectivity index (χ2n) is 6.02. The molecule has 1 atom stereocenters. The topological polar surface area (TPSA) is 102 Å². The van der Waals surface area contributed by atoms with Crippen molar-refractivity contribution in [3.8, 4) is 5.75 Å². The van der Waals surface area contributed by atoms with Crippen molar-refractivity contribution in [3.63, 3.8) is 0 Å². The average molecular weight is 452 g/mol. The maximum absolute atomic E-state index is 12.5. The van der Waals surface area contributed by atoms with E-state index < -0.39 is 20.6 Å². The van der Waals surface area contributed by atoms with Crippen LogP contribution in [0.2, 0.25) is 9.36 Å². The van der Waals surface area contributed by atoms with Crippen molar-refractivity contribution in [1.82, 2.24) is 4.90 Å². The zero-order valence-corrected chi connectivity index (χ0v) is 17.2. The lowest BCUT2D eigenvalue weighted by Crippen LogP contribution is -2.21. The number of hydrogen-bond acceptors (Lipinski definition) is 7. The minimum atomic E-state index is -4.04. The molecule has 1 aromatic heterocycles. The number of likely N-dealkylation sites (tertiary alicyclic amines) is 1. The van der Waals surface area contributed by atoms with Gasteiger partial charge in [0.25, 0.3) is 15.7 Å². The van der Waals surface area contributed by atoms with Gasteiger partial charge in [-0.3, -0.25) is 14.8 Å². The van der Waals surface area contributed by atoms with E-state index in [1.165, 1.54) is 18.2 Å². The summed E-state index contributed by atoms with van der Waals surface area (Å²) in [5.41, 5.74) is -0.222. The van der Waals surface area contributed by atoms with Crippen LogP contribution in [0.15, 0.2) is 28.5 Å². The second kappa shape index (κ2) is 7.80. The molecule has 2 heterocycles. The molecule has 8 nitrogen and oxygen atoms in total. The van der Waals surface area contributed by atoms with Gasteiger partial charge in [0, 0.05) is 25.2 Å². The van der Waals surface area contributed by atoms with Gasteiger partial charge in [-0.2, -0.15) is 0 Å². The number of halogens is 2. The number of benzene rings is 1. The third kappa shape index (κ3) is 4.64. The fraction of sp³-hybridized carbons (Fsp3) is 0.333. The van der Waals surface area contributed by atoms with Gasteiger partial charge in [0.2, 0.25) is 0 Å². The molecule has 0 radical (unpaired) electrons. The number of ether oxygens (including phenoxy) is 1. The van der Waals surface area contributed by atoms with Crippen LogP contribution in [0.3, 0.4) is 0 Å². The van der Waals surface area contributed by atoms with Crippen LogP contribution in [0.1, 0.15) is 6.42 Å². The highest BCUT2D eigenvalue weighted by Crippen LogP contribution is 2.37. The van der Waals surface area contributed by atoms with Crippen LogP contribution in [0.5, 0.6) is 5.75 Å². The van der Waals surface area contributed by atoms with Gasteiger partial charge < -0.3 is 9.64 Å². The van der Waals surface area contributed by atoms with E-state index in [4.69, 9.17) is 27.9 Å². The van der Waals surface area contributed by atoms with E-state index in [0.717, 1.165) is 25.6 Å². The summed E-state index contributed by atoms with van der Waals surface area (Å²) >= 11 is 12.5. The van der Waals surface area contributed by atoms with Crippen molar-refractivity contribution in [3.05, 3.63) is 43.7 Å². The van der Waals surface area contributed by atoms with Crippen LogP contribution in [-0.4, -0.2) is 44.5 Å². The van der Waals surface area contributed by atoms with E-state index in [0.29, 0.717) is 22.1 Å². The smallest absolute Gasteiger partial charge is 0.300 e. The Bertz CT molecular complexity index is 980. The van der Waals surface area contributed by atoms with E-state index in [1.54, 1.807) is 0 Å². The lowest BCUT2D eigenvalue weighted by molar-refractivity contribution is -0.384. The molecular formula is C15H15Cl2N3O5S2. The van der Waals surface area contributed by atoms with Gasteiger partial charge in [-0.15, -0.1) is 11.3 Å². The molecule has 0 amide bonds. The maximum atomic E-state index is 12.5. The minimum Gasteiger partial charge on any atom is -0.487 e. The standard InChI is InChI=1S/C15H15Cl2N3O5S2/c1-19-5-4-10(8-19)25-13-6-9(2-3-11(13)16)18-27(23,24)14-7-12(20(21)22)15(17)26-14/h2-3,6-7,10,18H,4-5,8H2,1H3/t10-/m1/s1. The fourth-order valence-corrected chi connectivity index (χ4v) is 5.50. The molecule has 12 heteroatoms. The summed E-state index contributed by atoms with van der Waals surface area (Å²) in [5.74, 6) is 0.368. The number of likely N-dealkylation sites (N-methyl/N-ethyl adjacent to an activating group) is 1. The number of thiophene rings is 1. The van der Waals surface area contributed by atoms with Crippen LogP contribution in [0, 0.1) is 10.1 Å². The third-order valence-electron chi connectivity index (χ3n) is 3.93. The molecule has 1 saturated heterocycles. The van der Waals surface area contributed by atoms with E-state index in [9.17, 15) is 18.5 Å². The molecule has 1 fully saturated rings. The molecule has 0 aliphatic carbocycles. The molecule has 146 valence electrons. The Balaban J connectivity index is 1.81. The number of hydrogen-bond donors (Lipinski definition) is 1. The molecule has 1 aliphatic rings. The van der Waals surface area contributed by atoms with E-state index in [2.05, 4.69) is 9.62 Å². The summed E-state index contributed by atoms with van der Waals surface area (Å²) in [4.78, 5) is 12.3. The molecule has 3 rings (SSSR count). The monoisotopic (exact) mass is 451 g/mol. The largest absolute Gasteiger partial charge is 0.487 e. The zero-order chi connectivity index (χ0) is 19.8. The quantitative estimate of drug-likeness (QED) is 0.528. The van der Waals surface area contributed by atoms with Crippen molar-refractivity contribution >= 4 is 55.9 Å². The first-order chi connectivity index (χ1) is 12.7. The van der Waals surface area contributed by atoms with Crippen LogP contribution in [0.4, 0.5) is 11.4 Å². The van der Waals surface area contributed by atoms with Crippen LogP contribution < -0.4 is 9.46 Å². The summed E-state index contributed by atoms with van der Waals surface area (Å²) < 4.78 is 32.8. The zero-order valence-electron chi connectivity index (χ0n) is 14.0. The third-order valence-corrected chi connectivity index (χ3v) is 7.44. The Hall–Kier alpha value is -1.59. The van der Waals surface area contributed by atoms with Crippen LogP contribution in [-0.2, 0) is 10.0 Å². The molecule has 27 heavy (non-hydrogen) atoms. The van der Waals surface area contributed by atoms with Gasteiger partial charge in [0.05, 0.1) is 15.6 Å². The predicted molar refractivity (Wildman–Crippen MR) is 105 cm³/mol. The number of nitro groups is 1. The number of sulfonamides is 1. The van der Waals surface area contributed by atoms with Crippen molar-refractivity contribution in [2.75, 3.05) is 24.9 Å². The Kier molecular flexibility index (Phi) is 5.82. The molecule has 1 N–H and O–H groups in total. The molecular weight excluding hydrogens is 437 g/mol. The summed E-state index contributed by atoms with van der Waals surface area (Å²) in [6.07, 6.45) is 0.818. The molecule has 1 aromatic carbocycles. The molecule has 0 unspecified atom stereocenters. The molecule has 0 saturated carbocycles. The van der Waals surface area contributed by atoms with Crippen LogP contribution >= 0.6 is 34.5 Å². The molecule has 0 bridgehead atoms. The van der Waals surface area contributed by atoms with E-state index in [-0.39, 0.29) is 20.3 Å². The van der Waals surface area contributed by atoms with Gasteiger partial charge in [0.15, 0.2) is 4.34 Å². The van der Waals surface area contributed by atoms with Crippen molar-refractivity contribution in [2.24, 2.45) is 0 Å². The summed E-state index contributed by atoms with van der Waals surface area (Å²) in [7, 11) is -2.05. The lowest BCUT2D eigenvalue weighted by atomic mass is 10.3. The van der Waals surface area contributed by atoms with Gasteiger partial charge in [-0.1, -0.05) is 23.2 Å². The molecule has 0 spiro atoms. The second-order valence-corrected chi connectivity index (χ2v) is 9.99. The van der Waals surface area contributed by atoms with Gasteiger partial charge in [-0.05, 0) is 25.6 Å². The Labute approximate surface area is 169 Å². The van der Waals surface area contributed by atoms with Gasteiger partial charge in [0.1, 0.15) is 16.1 Å². The minimum absolute atomic E-state index is 0.0295. The Morgan fingerprint density at radius 2 is 2.11 bits per heavy atom. The highest BCUT2D eigenvalue weighted by atomic mass is 35.5. The van der Waals surface area contributed by atoms with Gasteiger partial charge >= 0.3 is 0 Å². The molecule has 1 aliphatic heterocycles.